The van der Waals surface area contributed by atoms with Crippen molar-refractivity contribution in [2.45, 2.75) is 25.8 Å². The Labute approximate surface area is 162 Å². The van der Waals surface area contributed by atoms with E-state index in [1.54, 1.807) is 26.1 Å². The van der Waals surface area contributed by atoms with Gasteiger partial charge in [0.25, 0.3) is 0 Å². The largest absolute Gasteiger partial charge is 0.497 e. The van der Waals surface area contributed by atoms with Crippen molar-refractivity contribution in [3.8, 4) is 5.75 Å². The highest BCUT2D eigenvalue weighted by Crippen LogP contribution is 2.27. The van der Waals surface area contributed by atoms with E-state index in [0.717, 1.165) is 31.9 Å². The van der Waals surface area contributed by atoms with Crippen LogP contribution < -0.4 is 15.4 Å². The Balaban J connectivity index is 2.10. The Morgan fingerprint density at radius 2 is 2.04 bits per heavy atom. The summed E-state index contributed by atoms with van der Waals surface area (Å²) in [6.45, 7) is 5.80. The lowest BCUT2D eigenvalue weighted by molar-refractivity contribution is -0.127. The van der Waals surface area contributed by atoms with Crippen molar-refractivity contribution in [3.05, 3.63) is 29.8 Å². The molecule has 27 heavy (non-hydrogen) atoms. The van der Waals surface area contributed by atoms with E-state index in [9.17, 15) is 4.79 Å². The number of ether oxygens (including phenoxy) is 1. The maximum Gasteiger partial charge on any atom is 0.243 e. The molecule has 1 aromatic carbocycles. The molecule has 1 aliphatic heterocycles. The predicted octanol–water partition coefficient (Wildman–Crippen LogP) is 1.48. The van der Waals surface area contributed by atoms with E-state index in [2.05, 4.69) is 32.7 Å². The fourth-order valence-corrected chi connectivity index (χ4v) is 3.18. The van der Waals surface area contributed by atoms with Gasteiger partial charge >= 0.3 is 0 Å². The van der Waals surface area contributed by atoms with Crippen LogP contribution >= 0.6 is 0 Å². The van der Waals surface area contributed by atoms with Crippen LogP contribution in [0.3, 0.4) is 0 Å². The maximum absolute atomic E-state index is 11.8. The lowest BCUT2D eigenvalue weighted by Gasteiger charge is -2.29. The highest BCUT2D eigenvalue weighted by Gasteiger charge is 2.24. The summed E-state index contributed by atoms with van der Waals surface area (Å²) in [7, 11) is 5.18. The molecule has 2 rings (SSSR count). The third kappa shape index (κ3) is 6.43. The first-order chi connectivity index (χ1) is 13.0. The Hall–Kier alpha value is -2.28. The van der Waals surface area contributed by atoms with Gasteiger partial charge in [-0.2, -0.15) is 0 Å². The van der Waals surface area contributed by atoms with E-state index in [-0.39, 0.29) is 18.5 Å². The molecule has 0 saturated carbocycles. The summed E-state index contributed by atoms with van der Waals surface area (Å²) in [5.74, 6) is 1.52. The predicted molar refractivity (Wildman–Crippen MR) is 109 cm³/mol. The number of hydrogen-bond acceptors (Lipinski definition) is 4. The van der Waals surface area contributed by atoms with Crippen molar-refractivity contribution in [2.24, 2.45) is 4.99 Å². The molecule has 1 aromatic rings. The Morgan fingerprint density at radius 1 is 1.30 bits per heavy atom. The highest BCUT2D eigenvalue weighted by molar-refractivity contribution is 5.84. The molecule has 0 aliphatic carbocycles. The minimum absolute atomic E-state index is 0.0175. The van der Waals surface area contributed by atoms with E-state index in [1.807, 2.05) is 19.1 Å². The number of rotatable bonds is 8. The van der Waals surface area contributed by atoms with Crippen LogP contribution in [-0.2, 0) is 4.79 Å². The molecule has 0 spiro atoms. The number of nitrogens with zero attached hydrogens (tertiary/aromatic N) is 3. The summed E-state index contributed by atoms with van der Waals surface area (Å²) in [6.07, 6.45) is 2.46. The number of likely N-dealkylation sites (N-methyl/N-ethyl adjacent to an activating group) is 1. The molecule has 0 aromatic heterocycles. The van der Waals surface area contributed by atoms with Crippen LogP contribution in [0.2, 0.25) is 0 Å². The zero-order chi connectivity index (χ0) is 19.6. The molecule has 1 saturated heterocycles. The maximum atomic E-state index is 11.8. The molecule has 1 fully saturated rings. The van der Waals surface area contributed by atoms with Gasteiger partial charge in [0, 0.05) is 27.2 Å². The van der Waals surface area contributed by atoms with Crippen LogP contribution in [0.4, 0.5) is 0 Å². The second kappa shape index (κ2) is 10.8. The number of benzene rings is 1. The number of amides is 1. The van der Waals surface area contributed by atoms with Crippen LogP contribution in [-0.4, -0.2) is 75.6 Å². The van der Waals surface area contributed by atoms with Gasteiger partial charge in [0.2, 0.25) is 5.91 Å². The number of hydrogen-bond donors (Lipinski definition) is 2. The number of carbonyl (C=O) groups is 1. The summed E-state index contributed by atoms with van der Waals surface area (Å²) < 4.78 is 5.40. The molecule has 1 aliphatic rings. The first-order valence-corrected chi connectivity index (χ1v) is 9.65. The van der Waals surface area contributed by atoms with Gasteiger partial charge in [-0.05, 0) is 50.6 Å². The third-order valence-electron chi connectivity index (χ3n) is 4.74. The molecular weight excluding hydrogens is 342 g/mol. The van der Waals surface area contributed by atoms with Gasteiger partial charge in [0.05, 0.1) is 13.2 Å². The van der Waals surface area contributed by atoms with Crippen LogP contribution in [0.5, 0.6) is 5.75 Å². The Morgan fingerprint density at radius 3 is 2.67 bits per heavy atom. The lowest BCUT2D eigenvalue weighted by atomic mass is 10.1. The summed E-state index contributed by atoms with van der Waals surface area (Å²) >= 11 is 0. The number of likely N-dealkylation sites (tertiary alicyclic amines) is 1. The van der Waals surface area contributed by atoms with E-state index in [1.165, 1.54) is 18.4 Å². The van der Waals surface area contributed by atoms with Crippen molar-refractivity contribution in [2.75, 3.05) is 53.9 Å². The summed E-state index contributed by atoms with van der Waals surface area (Å²) in [5, 5.41) is 6.64. The third-order valence-corrected chi connectivity index (χ3v) is 4.74. The Bertz CT molecular complexity index is 627. The monoisotopic (exact) mass is 375 g/mol. The minimum atomic E-state index is -0.0175. The molecule has 150 valence electrons. The molecule has 7 nitrogen and oxygen atoms in total. The summed E-state index contributed by atoms with van der Waals surface area (Å²) in [6, 6.07) is 8.48. The van der Waals surface area contributed by atoms with E-state index in [0.29, 0.717) is 5.96 Å². The van der Waals surface area contributed by atoms with Gasteiger partial charge in [-0.25, -0.2) is 4.99 Å². The molecule has 1 heterocycles. The van der Waals surface area contributed by atoms with Gasteiger partial charge in [0.15, 0.2) is 5.96 Å². The number of guanidine groups is 1. The molecule has 7 heteroatoms. The summed E-state index contributed by atoms with van der Waals surface area (Å²) in [5.41, 5.74) is 1.23. The molecule has 1 unspecified atom stereocenters. The zero-order valence-corrected chi connectivity index (χ0v) is 17.0. The molecular formula is C20H33N5O2. The lowest BCUT2D eigenvalue weighted by Crippen LogP contribution is -2.43. The molecule has 0 bridgehead atoms. The highest BCUT2D eigenvalue weighted by atomic mass is 16.5. The van der Waals surface area contributed by atoms with Crippen molar-refractivity contribution >= 4 is 11.9 Å². The smallest absolute Gasteiger partial charge is 0.243 e. The SMILES string of the molecule is CCNC(=NCC(=O)N(C)C)NCC(c1cccc(OC)c1)N1CCCC1. The zero-order valence-electron chi connectivity index (χ0n) is 17.0. The first-order valence-electron chi connectivity index (χ1n) is 9.65. The number of aliphatic imine (C=N–C) groups is 1. The van der Waals surface area contributed by atoms with E-state index >= 15 is 0 Å². The van der Waals surface area contributed by atoms with Crippen LogP contribution in [0.15, 0.2) is 29.3 Å². The van der Waals surface area contributed by atoms with Crippen molar-refractivity contribution in [1.82, 2.24) is 20.4 Å². The average molecular weight is 376 g/mol. The van der Waals surface area contributed by atoms with Crippen molar-refractivity contribution < 1.29 is 9.53 Å². The van der Waals surface area contributed by atoms with Gasteiger partial charge < -0.3 is 20.3 Å². The van der Waals surface area contributed by atoms with Crippen LogP contribution in [0.25, 0.3) is 0 Å². The van der Waals surface area contributed by atoms with Crippen molar-refractivity contribution in [1.29, 1.82) is 0 Å². The molecule has 1 atom stereocenters. The molecule has 1 amide bonds. The Kier molecular flexibility index (Phi) is 8.39. The average Bonchev–Trinajstić information content (AvgIpc) is 3.20. The molecule has 2 N–H and O–H groups in total. The van der Waals surface area contributed by atoms with Gasteiger partial charge in [-0.1, -0.05) is 12.1 Å². The van der Waals surface area contributed by atoms with Crippen LogP contribution in [0.1, 0.15) is 31.4 Å². The van der Waals surface area contributed by atoms with Crippen LogP contribution in [0, 0.1) is 0 Å². The second-order valence-corrected chi connectivity index (χ2v) is 6.90. The normalized spacial score (nSPS) is 16.1. The number of methoxy groups -OCH3 is 1. The molecule has 0 radical (unpaired) electrons. The topological polar surface area (TPSA) is 69.2 Å². The van der Waals surface area contributed by atoms with Gasteiger partial charge in [-0.3, -0.25) is 9.69 Å². The fraction of sp³-hybridized carbons (Fsp3) is 0.600. The second-order valence-electron chi connectivity index (χ2n) is 6.90. The van der Waals surface area contributed by atoms with E-state index in [4.69, 9.17) is 4.74 Å². The quantitative estimate of drug-likeness (QED) is 0.532. The number of nitrogens with one attached hydrogen (secondary N) is 2. The van der Waals surface area contributed by atoms with E-state index < -0.39 is 0 Å². The van der Waals surface area contributed by atoms with Crippen molar-refractivity contribution in [3.63, 3.8) is 0 Å². The number of carbonyl (C=O) groups excluding carboxylic acids is 1. The minimum Gasteiger partial charge on any atom is -0.497 e. The summed E-state index contributed by atoms with van der Waals surface area (Å²) in [4.78, 5) is 20.3. The van der Waals surface area contributed by atoms with Gasteiger partial charge in [0.1, 0.15) is 12.3 Å². The standard InChI is InChI=1S/C20H33N5O2/c1-5-21-20(23-15-19(26)24(2)3)22-14-18(25-11-6-7-12-25)16-9-8-10-17(13-16)27-4/h8-10,13,18H,5-7,11-12,14-15H2,1-4H3,(H2,21,22,23). The van der Waals surface area contributed by atoms with Gasteiger partial charge in [-0.15, -0.1) is 0 Å². The fourth-order valence-electron chi connectivity index (χ4n) is 3.18. The first kappa shape index (κ1) is 21.0.